The van der Waals surface area contributed by atoms with Crippen molar-refractivity contribution >= 4 is 41.5 Å². The maximum absolute atomic E-state index is 10.1. The zero-order valence-corrected chi connectivity index (χ0v) is 20.3. The van der Waals surface area contributed by atoms with Gasteiger partial charge in [-0.3, -0.25) is 9.89 Å². The molecule has 1 aromatic carbocycles. The van der Waals surface area contributed by atoms with Crippen molar-refractivity contribution < 1.29 is 9.84 Å². The highest BCUT2D eigenvalue weighted by atomic mass is 127. The van der Waals surface area contributed by atoms with Crippen LogP contribution in [-0.4, -0.2) is 79.5 Å². The Kier molecular flexibility index (Phi) is 11.0. The third-order valence-electron chi connectivity index (χ3n) is 5.14. The first-order valence-electron chi connectivity index (χ1n) is 10.4. The Bertz CT molecular complexity index is 620. The van der Waals surface area contributed by atoms with E-state index in [-0.39, 0.29) is 24.0 Å². The molecule has 0 amide bonds. The van der Waals surface area contributed by atoms with E-state index in [0.717, 1.165) is 62.8 Å². The van der Waals surface area contributed by atoms with E-state index < -0.39 is 6.10 Å². The smallest absolute Gasteiger partial charge is 0.194 e. The molecule has 8 heteroatoms. The second-order valence-electron chi connectivity index (χ2n) is 7.72. The van der Waals surface area contributed by atoms with Crippen LogP contribution in [0.4, 0.5) is 0 Å². The van der Waals surface area contributed by atoms with E-state index in [1.165, 1.54) is 18.4 Å². The highest BCUT2D eigenvalue weighted by Crippen LogP contribution is 2.28. The van der Waals surface area contributed by atoms with Crippen LogP contribution in [0.5, 0.6) is 0 Å². The lowest BCUT2D eigenvalue weighted by molar-refractivity contribution is 0.0367. The number of rotatable bonds is 9. The molecule has 1 aliphatic carbocycles. The number of hydrogen-bond acceptors (Lipinski definition) is 4. The third kappa shape index (κ3) is 8.96. The SMILES string of the molecule is CCNC(=NCC(O)COCC1CC1)N1CCN(Cc2ccc(Cl)cc2)CC1.I. The normalized spacial score (nSPS) is 19.0. The first-order valence-corrected chi connectivity index (χ1v) is 10.8. The molecule has 1 heterocycles. The summed E-state index contributed by atoms with van der Waals surface area (Å²) in [7, 11) is 0. The average Bonchev–Trinajstić information content (AvgIpc) is 3.52. The van der Waals surface area contributed by atoms with Crippen molar-refractivity contribution in [2.24, 2.45) is 10.9 Å². The zero-order chi connectivity index (χ0) is 19.8. The Morgan fingerprint density at radius 2 is 1.93 bits per heavy atom. The molecular formula is C21H34ClIN4O2. The Balaban J connectivity index is 0.00000300. The van der Waals surface area contributed by atoms with Crippen LogP contribution in [0.3, 0.4) is 0 Å². The van der Waals surface area contributed by atoms with E-state index in [1.807, 2.05) is 12.1 Å². The van der Waals surface area contributed by atoms with Crippen molar-refractivity contribution in [1.29, 1.82) is 0 Å². The number of nitrogens with one attached hydrogen (secondary N) is 1. The van der Waals surface area contributed by atoms with E-state index in [4.69, 9.17) is 16.3 Å². The van der Waals surface area contributed by atoms with Crippen molar-refractivity contribution in [3.63, 3.8) is 0 Å². The molecule has 164 valence electrons. The number of hydrogen-bond donors (Lipinski definition) is 2. The molecule has 2 aliphatic rings. The number of guanidine groups is 1. The maximum Gasteiger partial charge on any atom is 0.194 e. The van der Waals surface area contributed by atoms with Crippen LogP contribution in [0, 0.1) is 5.92 Å². The topological polar surface area (TPSA) is 60.3 Å². The molecule has 0 radical (unpaired) electrons. The van der Waals surface area contributed by atoms with Gasteiger partial charge in [0.05, 0.1) is 19.3 Å². The Labute approximate surface area is 196 Å². The molecule has 2 N–H and O–H groups in total. The van der Waals surface area contributed by atoms with Crippen LogP contribution >= 0.6 is 35.6 Å². The molecule has 1 atom stereocenters. The molecule has 0 spiro atoms. The number of nitrogens with zero attached hydrogens (tertiary/aromatic N) is 3. The van der Waals surface area contributed by atoms with Gasteiger partial charge in [0.1, 0.15) is 0 Å². The van der Waals surface area contributed by atoms with E-state index in [1.54, 1.807) is 0 Å². The summed E-state index contributed by atoms with van der Waals surface area (Å²) in [5, 5.41) is 14.3. The molecule has 0 bridgehead atoms. The van der Waals surface area contributed by atoms with Crippen LogP contribution in [0.15, 0.2) is 29.3 Å². The van der Waals surface area contributed by atoms with Crippen molar-refractivity contribution in [3.8, 4) is 0 Å². The number of aliphatic imine (C=N–C) groups is 1. The van der Waals surface area contributed by atoms with Gasteiger partial charge < -0.3 is 20.1 Å². The molecule has 1 aromatic rings. The number of halogens is 2. The van der Waals surface area contributed by atoms with Crippen LogP contribution in [0.25, 0.3) is 0 Å². The van der Waals surface area contributed by atoms with Gasteiger partial charge in [-0.05, 0) is 43.4 Å². The molecule has 1 unspecified atom stereocenters. The fourth-order valence-electron chi connectivity index (χ4n) is 3.29. The lowest BCUT2D eigenvalue weighted by Crippen LogP contribution is -2.52. The van der Waals surface area contributed by atoms with E-state index in [9.17, 15) is 5.11 Å². The van der Waals surface area contributed by atoms with Gasteiger partial charge in [0.15, 0.2) is 5.96 Å². The summed E-state index contributed by atoms with van der Waals surface area (Å²) in [5.74, 6) is 1.60. The minimum absolute atomic E-state index is 0. The number of benzene rings is 1. The number of aliphatic hydroxyl groups excluding tert-OH is 1. The first kappa shape index (κ1) is 24.7. The lowest BCUT2D eigenvalue weighted by Gasteiger charge is -2.36. The largest absolute Gasteiger partial charge is 0.389 e. The van der Waals surface area contributed by atoms with Gasteiger partial charge in [-0.2, -0.15) is 0 Å². The number of ether oxygens (including phenoxy) is 1. The van der Waals surface area contributed by atoms with Gasteiger partial charge in [-0.25, -0.2) is 0 Å². The standard InChI is InChI=1S/C21H33ClN4O2.HI/c1-2-23-21(24-13-20(27)16-28-15-18-3-4-18)26-11-9-25(10-12-26)14-17-5-7-19(22)8-6-17;/h5-8,18,20,27H,2-4,9-16H2,1H3,(H,23,24);1H. The fourth-order valence-corrected chi connectivity index (χ4v) is 3.42. The number of aliphatic hydroxyl groups is 1. The predicted molar refractivity (Wildman–Crippen MR) is 129 cm³/mol. The Hall–Kier alpha value is -0.610. The van der Waals surface area contributed by atoms with E-state index >= 15 is 0 Å². The quantitative estimate of drug-likeness (QED) is 0.289. The van der Waals surface area contributed by atoms with Crippen LogP contribution in [0.2, 0.25) is 5.02 Å². The highest BCUT2D eigenvalue weighted by Gasteiger charge is 2.22. The first-order chi connectivity index (χ1) is 13.6. The average molecular weight is 537 g/mol. The van der Waals surface area contributed by atoms with Gasteiger partial charge in [0.2, 0.25) is 0 Å². The van der Waals surface area contributed by atoms with Crippen molar-refractivity contribution in [2.45, 2.75) is 32.4 Å². The Morgan fingerprint density at radius 3 is 2.55 bits per heavy atom. The van der Waals surface area contributed by atoms with Crippen molar-refractivity contribution in [1.82, 2.24) is 15.1 Å². The molecule has 29 heavy (non-hydrogen) atoms. The zero-order valence-electron chi connectivity index (χ0n) is 17.2. The lowest BCUT2D eigenvalue weighted by atomic mass is 10.2. The summed E-state index contributed by atoms with van der Waals surface area (Å²) < 4.78 is 5.57. The van der Waals surface area contributed by atoms with Crippen LogP contribution in [0.1, 0.15) is 25.3 Å². The molecule has 2 fully saturated rings. The minimum Gasteiger partial charge on any atom is -0.389 e. The third-order valence-corrected chi connectivity index (χ3v) is 5.39. The predicted octanol–water partition coefficient (Wildman–Crippen LogP) is 2.83. The molecular weight excluding hydrogens is 503 g/mol. The fraction of sp³-hybridized carbons (Fsp3) is 0.667. The van der Waals surface area contributed by atoms with Gasteiger partial charge in [0.25, 0.3) is 0 Å². The van der Waals surface area contributed by atoms with Gasteiger partial charge in [-0.15, -0.1) is 24.0 Å². The van der Waals surface area contributed by atoms with E-state index in [0.29, 0.717) is 13.2 Å². The summed E-state index contributed by atoms with van der Waals surface area (Å²) in [6.07, 6.45) is 1.99. The second-order valence-corrected chi connectivity index (χ2v) is 8.16. The van der Waals surface area contributed by atoms with Crippen molar-refractivity contribution in [3.05, 3.63) is 34.9 Å². The summed E-state index contributed by atoms with van der Waals surface area (Å²) in [5.41, 5.74) is 1.28. The molecule has 3 rings (SSSR count). The van der Waals surface area contributed by atoms with Crippen molar-refractivity contribution in [2.75, 3.05) is 52.5 Å². The monoisotopic (exact) mass is 536 g/mol. The van der Waals surface area contributed by atoms with Gasteiger partial charge >= 0.3 is 0 Å². The summed E-state index contributed by atoms with van der Waals surface area (Å²) in [6.45, 7) is 9.17. The van der Waals surface area contributed by atoms with Crippen LogP contribution in [-0.2, 0) is 11.3 Å². The van der Waals surface area contributed by atoms with Gasteiger partial charge in [-0.1, -0.05) is 23.7 Å². The summed E-state index contributed by atoms with van der Waals surface area (Å²) in [4.78, 5) is 9.36. The minimum atomic E-state index is -0.543. The Morgan fingerprint density at radius 1 is 1.24 bits per heavy atom. The highest BCUT2D eigenvalue weighted by molar-refractivity contribution is 14.0. The summed E-state index contributed by atoms with van der Waals surface area (Å²) >= 11 is 5.97. The summed E-state index contributed by atoms with van der Waals surface area (Å²) in [6, 6.07) is 8.07. The molecule has 6 nitrogen and oxygen atoms in total. The number of piperazine rings is 1. The van der Waals surface area contributed by atoms with Crippen LogP contribution < -0.4 is 5.32 Å². The molecule has 0 aromatic heterocycles. The molecule has 1 saturated carbocycles. The second kappa shape index (κ2) is 12.9. The van der Waals surface area contributed by atoms with Gasteiger partial charge in [0, 0.05) is 50.9 Å². The molecule has 1 aliphatic heterocycles. The molecule has 1 saturated heterocycles. The maximum atomic E-state index is 10.1. The van der Waals surface area contributed by atoms with E-state index in [2.05, 4.69) is 39.2 Å².